The van der Waals surface area contributed by atoms with E-state index < -0.39 is 33.3 Å². The van der Waals surface area contributed by atoms with E-state index in [0.717, 1.165) is 0 Å². The Kier molecular flexibility index (Phi) is 5.24. The fourth-order valence-electron chi connectivity index (χ4n) is 2.04. The molecular formula is C10H19N3O5S. The van der Waals surface area contributed by atoms with Crippen LogP contribution in [-0.2, 0) is 14.6 Å². The standard InChI is InChI=1S/C10H19N3O5S/c1-11(2)4-5-12(10(14)7-13(15)16)9-3-6-19(17,18)8-9/h9H,3-8H2,1-2H3. The summed E-state index contributed by atoms with van der Waals surface area (Å²) >= 11 is 0. The van der Waals surface area contributed by atoms with Crippen molar-refractivity contribution >= 4 is 15.7 Å². The second-order valence-corrected chi connectivity index (χ2v) is 7.17. The molecule has 1 aliphatic heterocycles. The van der Waals surface area contributed by atoms with E-state index in [-0.39, 0.29) is 11.5 Å². The van der Waals surface area contributed by atoms with Gasteiger partial charge in [-0.25, -0.2) is 8.42 Å². The van der Waals surface area contributed by atoms with Crippen LogP contribution in [-0.4, -0.2) is 80.3 Å². The van der Waals surface area contributed by atoms with E-state index in [9.17, 15) is 23.3 Å². The van der Waals surface area contributed by atoms with Crippen LogP contribution in [0.1, 0.15) is 6.42 Å². The van der Waals surface area contributed by atoms with Crippen LogP contribution in [0.4, 0.5) is 0 Å². The summed E-state index contributed by atoms with van der Waals surface area (Å²) in [4.78, 5) is 24.8. The zero-order valence-corrected chi connectivity index (χ0v) is 11.9. The number of nitro groups is 1. The predicted octanol–water partition coefficient (Wildman–Crippen LogP) is -1.16. The Bertz CT molecular complexity index is 448. The van der Waals surface area contributed by atoms with Gasteiger partial charge < -0.3 is 9.80 Å². The largest absolute Gasteiger partial charge is 0.332 e. The number of hydrogen-bond donors (Lipinski definition) is 0. The fraction of sp³-hybridized carbons (Fsp3) is 0.900. The Balaban J connectivity index is 2.74. The van der Waals surface area contributed by atoms with Crippen molar-refractivity contribution in [1.82, 2.24) is 9.80 Å². The highest BCUT2D eigenvalue weighted by molar-refractivity contribution is 7.91. The second-order valence-electron chi connectivity index (χ2n) is 4.94. The Hall–Kier alpha value is -1.22. The van der Waals surface area contributed by atoms with E-state index >= 15 is 0 Å². The van der Waals surface area contributed by atoms with Crippen molar-refractivity contribution in [3.05, 3.63) is 10.1 Å². The van der Waals surface area contributed by atoms with Gasteiger partial charge in [-0.05, 0) is 20.5 Å². The van der Waals surface area contributed by atoms with Gasteiger partial charge in [-0.3, -0.25) is 14.9 Å². The number of likely N-dealkylation sites (N-methyl/N-ethyl adjacent to an activating group) is 1. The maximum absolute atomic E-state index is 11.8. The minimum absolute atomic E-state index is 0.0435. The maximum Gasteiger partial charge on any atom is 0.294 e. The topological polar surface area (TPSA) is 101 Å². The van der Waals surface area contributed by atoms with Crippen molar-refractivity contribution in [2.45, 2.75) is 12.5 Å². The summed E-state index contributed by atoms with van der Waals surface area (Å²) in [5.41, 5.74) is 0. The Morgan fingerprint density at radius 1 is 1.37 bits per heavy atom. The molecule has 1 amide bonds. The molecule has 1 saturated heterocycles. The molecule has 1 heterocycles. The molecule has 110 valence electrons. The number of carbonyl (C=O) groups excluding carboxylic acids is 1. The van der Waals surface area contributed by atoms with Crippen LogP contribution in [0, 0.1) is 10.1 Å². The highest BCUT2D eigenvalue weighted by atomic mass is 32.2. The number of amides is 1. The van der Waals surface area contributed by atoms with Gasteiger partial charge in [-0.2, -0.15) is 0 Å². The fourth-order valence-corrected chi connectivity index (χ4v) is 3.77. The van der Waals surface area contributed by atoms with E-state index in [4.69, 9.17) is 0 Å². The van der Waals surface area contributed by atoms with Crippen LogP contribution in [0.5, 0.6) is 0 Å². The van der Waals surface area contributed by atoms with Gasteiger partial charge in [-0.15, -0.1) is 0 Å². The summed E-state index contributed by atoms with van der Waals surface area (Å²) in [6.45, 7) is 0.0594. The van der Waals surface area contributed by atoms with Crippen LogP contribution in [0.15, 0.2) is 0 Å². The van der Waals surface area contributed by atoms with Gasteiger partial charge in [0.05, 0.1) is 11.5 Å². The van der Waals surface area contributed by atoms with Crippen LogP contribution >= 0.6 is 0 Å². The minimum atomic E-state index is -3.12. The molecule has 0 saturated carbocycles. The quantitative estimate of drug-likeness (QED) is 0.452. The summed E-state index contributed by atoms with van der Waals surface area (Å²) < 4.78 is 22.9. The number of hydrogen-bond acceptors (Lipinski definition) is 6. The van der Waals surface area contributed by atoms with E-state index in [1.54, 1.807) is 0 Å². The molecule has 9 heteroatoms. The third-order valence-electron chi connectivity index (χ3n) is 3.02. The average molecular weight is 293 g/mol. The molecule has 1 unspecified atom stereocenters. The zero-order chi connectivity index (χ0) is 14.6. The summed E-state index contributed by atoms with van der Waals surface area (Å²) in [5, 5.41) is 10.4. The molecule has 0 aliphatic carbocycles. The Morgan fingerprint density at radius 2 is 2.00 bits per heavy atom. The van der Waals surface area contributed by atoms with Gasteiger partial charge in [0.15, 0.2) is 9.84 Å². The molecule has 1 atom stereocenters. The lowest BCUT2D eigenvalue weighted by Gasteiger charge is -2.28. The van der Waals surface area contributed by atoms with E-state index in [1.807, 2.05) is 19.0 Å². The molecule has 1 fully saturated rings. The van der Waals surface area contributed by atoms with Crippen LogP contribution in [0.2, 0.25) is 0 Å². The SMILES string of the molecule is CN(C)CCN(C(=O)C[N+](=O)[O-])C1CCS(=O)(=O)C1. The minimum Gasteiger partial charge on any atom is -0.332 e. The zero-order valence-electron chi connectivity index (χ0n) is 11.1. The Morgan fingerprint density at radius 3 is 2.42 bits per heavy atom. The van der Waals surface area contributed by atoms with Crippen molar-refractivity contribution in [2.24, 2.45) is 0 Å². The monoisotopic (exact) mass is 293 g/mol. The first-order chi connectivity index (χ1) is 8.71. The maximum atomic E-state index is 11.8. The van der Waals surface area contributed by atoms with Crippen molar-refractivity contribution < 1.29 is 18.1 Å². The molecule has 0 aromatic carbocycles. The third-order valence-corrected chi connectivity index (χ3v) is 4.77. The molecule has 0 aromatic rings. The van der Waals surface area contributed by atoms with E-state index in [0.29, 0.717) is 19.5 Å². The molecular weight excluding hydrogens is 274 g/mol. The van der Waals surface area contributed by atoms with Gasteiger partial charge >= 0.3 is 0 Å². The lowest BCUT2D eigenvalue weighted by atomic mass is 10.2. The van der Waals surface area contributed by atoms with E-state index in [2.05, 4.69) is 0 Å². The highest BCUT2D eigenvalue weighted by Crippen LogP contribution is 2.18. The summed E-state index contributed by atoms with van der Waals surface area (Å²) in [7, 11) is 0.524. The highest BCUT2D eigenvalue weighted by Gasteiger charge is 2.35. The van der Waals surface area contributed by atoms with Crippen molar-refractivity contribution in [3.8, 4) is 0 Å². The third kappa shape index (κ3) is 5.11. The number of nitrogens with zero attached hydrogens (tertiary/aromatic N) is 3. The smallest absolute Gasteiger partial charge is 0.294 e. The number of rotatable bonds is 6. The lowest BCUT2D eigenvalue weighted by Crippen LogP contribution is -2.46. The van der Waals surface area contributed by atoms with Gasteiger partial charge in [0.1, 0.15) is 0 Å². The van der Waals surface area contributed by atoms with Crippen LogP contribution < -0.4 is 0 Å². The molecule has 1 rings (SSSR count). The average Bonchev–Trinajstić information content (AvgIpc) is 2.57. The van der Waals surface area contributed by atoms with Crippen molar-refractivity contribution in [2.75, 3.05) is 45.2 Å². The van der Waals surface area contributed by atoms with Crippen LogP contribution in [0.25, 0.3) is 0 Å². The molecule has 0 bridgehead atoms. The first-order valence-electron chi connectivity index (χ1n) is 5.97. The van der Waals surface area contributed by atoms with Gasteiger partial charge in [0.2, 0.25) is 0 Å². The first kappa shape index (κ1) is 15.8. The molecule has 8 nitrogen and oxygen atoms in total. The second kappa shape index (κ2) is 6.29. The molecule has 0 radical (unpaired) electrons. The summed E-state index contributed by atoms with van der Waals surface area (Å²) in [6.07, 6.45) is 0.360. The Labute approximate surface area is 112 Å². The lowest BCUT2D eigenvalue weighted by molar-refractivity contribution is -0.469. The predicted molar refractivity (Wildman–Crippen MR) is 69.2 cm³/mol. The number of sulfone groups is 1. The van der Waals surface area contributed by atoms with Gasteiger partial charge in [-0.1, -0.05) is 0 Å². The van der Waals surface area contributed by atoms with Gasteiger partial charge in [0.25, 0.3) is 12.5 Å². The molecule has 0 spiro atoms. The molecule has 0 aromatic heterocycles. The molecule has 1 aliphatic rings. The van der Waals surface area contributed by atoms with Gasteiger partial charge in [0, 0.05) is 24.1 Å². The first-order valence-corrected chi connectivity index (χ1v) is 7.80. The van der Waals surface area contributed by atoms with Crippen molar-refractivity contribution in [3.63, 3.8) is 0 Å². The van der Waals surface area contributed by atoms with Crippen LogP contribution in [0.3, 0.4) is 0 Å². The summed E-state index contributed by atoms with van der Waals surface area (Å²) in [6, 6.07) is -0.433. The normalized spacial score (nSPS) is 21.5. The van der Waals surface area contributed by atoms with E-state index in [1.165, 1.54) is 4.90 Å². The number of carbonyl (C=O) groups is 1. The molecule has 19 heavy (non-hydrogen) atoms. The summed E-state index contributed by atoms with van der Waals surface area (Å²) in [5.74, 6) is -0.667. The van der Waals surface area contributed by atoms with Crippen molar-refractivity contribution in [1.29, 1.82) is 0 Å². The molecule has 0 N–H and O–H groups in total.